The molecule has 0 atom stereocenters. The molecule has 0 amide bonds. The number of nitrogens with one attached hydrogen (secondary N) is 1. The maximum Gasteiger partial charge on any atom is 0.305 e. The molecule has 0 unspecified atom stereocenters. The largest absolute Gasteiger partial charge is 0.481 e. The Morgan fingerprint density at radius 2 is 1.88 bits per heavy atom. The van der Waals surface area contributed by atoms with Crippen molar-refractivity contribution in [3.05, 3.63) is 0 Å². The van der Waals surface area contributed by atoms with Gasteiger partial charge in [0.1, 0.15) is 0 Å². The highest BCUT2D eigenvalue weighted by Crippen LogP contribution is 2.42. The van der Waals surface area contributed by atoms with Gasteiger partial charge in [-0.2, -0.15) is 0 Å². The second-order valence-corrected chi connectivity index (χ2v) is 6.52. The minimum atomic E-state index is -0.680. The Labute approximate surface area is 105 Å². The zero-order valence-corrected chi connectivity index (χ0v) is 11.7. The molecule has 0 aliphatic heterocycles. The van der Waals surface area contributed by atoms with Gasteiger partial charge in [0.25, 0.3) is 0 Å². The molecule has 1 fully saturated rings. The van der Waals surface area contributed by atoms with Crippen LogP contribution in [-0.4, -0.2) is 23.2 Å². The monoisotopic (exact) mass is 241 g/mol. The normalized spacial score (nSPS) is 30.2. The van der Waals surface area contributed by atoms with E-state index in [0.717, 1.165) is 38.1 Å². The summed E-state index contributed by atoms with van der Waals surface area (Å²) in [5.74, 6) is 0.0447. The lowest BCUT2D eigenvalue weighted by atomic mass is 9.66. The van der Waals surface area contributed by atoms with Gasteiger partial charge in [-0.1, -0.05) is 27.7 Å². The number of carbonyl (C=O) groups is 1. The first-order valence-corrected chi connectivity index (χ1v) is 6.76. The summed E-state index contributed by atoms with van der Waals surface area (Å²) in [6, 6.07) is 0. The lowest BCUT2D eigenvalue weighted by Gasteiger charge is -2.44. The van der Waals surface area contributed by atoms with E-state index in [4.69, 9.17) is 5.11 Å². The number of hydrogen-bond acceptors (Lipinski definition) is 2. The molecule has 0 heterocycles. The number of carboxylic acids is 1. The van der Waals surface area contributed by atoms with E-state index in [2.05, 4.69) is 33.0 Å². The van der Waals surface area contributed by atoms with E-state index in [1.807, 2.05) is 0 Å². The minimum Gasteiger partial charge on any atom is -0.481 e. The summed E-state index contributed by atoms with van der Waals surface area (Å²) in [5, 5.41) is 12.5. The first-order chi connectivity index (χ1) is 7.79. The quantitative estimate of drug-likeness (QED) is 0.795. The second kappa shape index (κ2) is 5.38. The molecule has 17 heavy (non-hydrogen) atoms. The first-order valence-electron chi connectivity index (χ1n) is 6.76. The van der Waals surface area contributed by atoms with E-state index in [9.17, 15) is 4.79 Å². The van der Waals surface area contributed by atoms with Gasteiger partial charge in [-0.05, 0) is 43.6 Å². The molecule has 0 radical (unpaired) electrons. The summed E-state index contributed by atoms with van der Waals surface area (Å²) in [5.41, 5.74) is 0.198. The van der Waals surface area contributed by atoms with E-state index in [0.29, 0.717) is 5.41 Å². The Morgan fingerprint density at radius 3 is 2.24 bits per heavy atom. The van der Waals surface area contributed by atoms with Crippen molar-refractivity contribution in [1.82, 2.24) is 5.32 Å². The number of aliphatic carboxylic acids is 1. The fourth-order valence-corrected chi connectivity index (χ4v) is 3.12. The molecule has 0 bridgehead atoms. The SMILES string of the molecule is CCNC1(CC(=O)O)CCC(C(C)(C)C)CC1. The van der Waals surface area contributed by atoms with Crippen molar-refractivity contribution in [3.8, 4) is 0 Å². The molecule has 3 heteroatoms. The number of rotatable bonds is 4. The maximum atomic E-state index is 11.0. The van der Waals surface area contributed by atoms with Gasteiger partial charge in [0.2, 0.25) is 0 Å². The van der Waals surface area contributed by atoms with Crippen LogP contribution in [0, 0.1) is 11.3 Å². The molecule has 1 aliphatic rings. The molecule has 3 nitrogen and oxygen atoms in total. The van der Waals surface area contributed by atoms with Gasteiger partial charge < -0.3 is 10.4 Å². The molecule has 0 saturated heterocycles. The molecule has 1 saturated carbocycles. The van der Waals surface area contributed by atoms with Crippen LogP contribution in [0.25, 0.3) is 0 Å². The zero-order valence-electron chi connectivity index (χ0n) is 11.7. The van der Waals surface area contributed by atoms with Crippen LogP contribution >= 0.6 is 0 Å². The van der Waals surface area contributed by atoms with Crippen molar-refractivity contribution < 1.29 is 9.90 Å². The van der Waals surface area contributed by atoms with E-state index in [-0.39, 0.29) is 12.0 Å². The smallest absolute Gasteiger partial charge is 0.305 e. The van der Waals surface area contributed by atoms with Gasteiger partial charge in [0.15, 0.2) is 0 Å². The minimum absolute atomic E-state index is 0.150. The molecule has 0 aromatic carbocycles. The van der Waals surface area contributed by atoms with Crippen molar-refractivity contribution in [2.75, 3.05) is 6.54 Å². The average Bonchev–Trinajstić information content (AvgIpc) is 2.15. The molecule has 2 N–H and O–H groups in total. The highest BCUT2D eigenvalue weighted by molar-refractivity contribution is 5.68. The standard InChI is InChI=1S/C14H27NO2/c1-5-15-14(10-12(16)17)8-6-11(7-9-14)13(2,3)4/h11,15H,5-10H2,1-4H3,(H,16,17). The van der Waals surface area contributed by atoms with Crippen LogP contribution in [-0.2, 0) is 4.79 Å². The second-order valence-electron chi connectivity index (χ2n) is 6.52. The summed E-state index contributed by atoms with van der Waals surface area (Å²) in [4.78, 5) is 11.0. The summed E-state index contributed by atoms with van der Waals surface area (Å²) in [6.07, 6.45) is 4.54. The van der Waals surface area contributed by atoms with Crippen LogP contribution in [0.3, 0.4) is 0 Å². The van der Waals surface area contributed by atoms with Gasteiger partial charge >= 0.3 is 5.97 Å². The van der Waals surface area contributed by atoms with Crippen LogP contribution in [0.2, 0.25) is 0 Å². The number of hydrogen-bond donors (Lipinski definition) is 2. The van der Waals surface area contributed by atoms with Crippen molar-refractivity contribution in [2.24, 2.45) is 11.3 Å². The molecular formula is C14H27NO2. The molecular weight excluding hydrogens is 214 g/mol. The van der Waals surface area contributed by atoms with Crippen molar-refractivity contribution >= 4 is 5.97 Å². The van der Waals surface area contributed by atoms with Gasteiger partial charge in [-0.25, -0.2) is 0 Å². The molecule has 0 aromatic heterocycles. The highest BCUT2D eigenvalue weighted by Gasteiger charge is 2.39. The summed E-state index contributed by atoms with van der Waals surface area (Å²) in [7, 11) is 0. The molecule has 1 rings (SSSR count). The van der Waals surface area contributed by atoms with Crippen molar-refractivity contribution in [3.63, 3.8) is 0 Å². The predicted octanol–water partition coefficient (Wildman–Crippen LogP) is 3.05. The Morgan fingerprint density at radius 1 is 1.35 bits per heavy atom. The Kier molecular flexibility index (Phi) is 4.59. The van der Waals surface area contributed by atoms with E-state index in [1.54, 1.807) is 0 Å². The van der Waals surface area contributed by atoms with Crippen molar-refractivity contribution in [1.29, 1.82) is 0 Å². The Bertz CT molecular complexity index is 260. The third kappa shape index (κ3) is 3.98. The van der Waals surface area contributed by atoms with E-state index < -0.39 is 5.97 Å². The Hall–Kier alpha value is -0.570. The fraction of sp³-hybridized carbons (Fsp3) is 0.929. The zero-order chi connectivity index (χ0) is 13.1. The molecule has 100 valence electrons. The third-order valence-corrected chi connectivity index (χ3v) is 4.21. The maximum absolute atomic E-state index is 11.0. The lowest BCUT2D eigenvalue weighted by molar-refractivity contribution is -0.139. The Balaban J connectivity index is 2.64. The lowest BCUT2D eigenvalue weighted by Crippen LogP contribution is -2.50. The predicted molar refractivity (Wildman–Crippen MR) is 70.1 cm³/mol. The van der Waals surface area contributed by atoms with Crippen LogP contribution < -0.4 is 5.32 Å². The first kappa shape index (κ1) is 14.5. The van der Waals surface area contributed by atoms with E-state index in [1.165, 1.54) is 0 Å². The van der Waals surface area contributed by atoms with Gasteiger partial charge in [-0.15, -0.1) is 0 Å². The van der Waals surface area contributed by atoms with Crippen LogP contribution in [0.4, 0.5) is 0 Å². The van der Waals surface area contributed by atoms with Gasteiger partial charge in [-0.3, -0.25) is 4.79 Å². The van der Waals surface area contributed by atoms with Gasteiger partial charge in [0.05, 0.1) is 6.42 Å². The van der Waals surface area contributed by atoms with E-state index >= 15 is 0 Å². The number of carboxylic acid groups (broad SMARTS) is 1. The summed E-state index contributed by atoms with van der Waals surface area (Å²) < 4.78 is 0. The molecule has 1 aliphatic carbocycles. The average molecular weight is 241 g/mol. The topological polar surface area (TPSA) is 49.3 Å². The van der Waals surface area contributed by atoms with Gasteiger partial charge in [0, 0.05) is 5.54 Å². The van der Waals surface area contributed by atoms with Crippen LogP contribution in [0.1, 0.15) is 59.8 Å². The van der Waals surface area contributed by atoms with Crippen molar-refractivity contribution in [2.45, 2.75) is 65.3 Å². The third-order valence-electron chi connectivity index (χ3n) is 4.21. The van der Waals surface area contributed by atoms with Crippen LogP contribution in [0.15, 0.2) is 0 Å². The molecule has 0 spiro atoms. The summed E-state index contributed by atoms with van der Waals surface area (Å²) >= 11 is 0. The fourth-order valence-electron chi connectivity index (χ4n) is 3.12. The molecule has 0 aromatic rings. The van der Waals surface area contributed by atoms with Crippen LogP contribution in [0.5, 0.6) is 0 Å². The highest BCUT2D eigenvalue weighted by atomic mass is 16.4. The summed E-state index contributed by atoms with van der Waals surface area (Å²) in [6.45, 7) is 9.77.